The van der Waals surface area contributed by atoms with Gasteiger partial charge in [-0.05, 0) is 42.7 Å². The molecule has 0 fully saturated rings. The maximum atomic E-state index is 12.3. The van der Waals surface area contributed by atoms with Crippen molar-refractivity contribution in [1.82, 2.24) is 0 Å². The number of carbonyl (C=O) groups is 1. The molecule has 4 N–H and O–H groups in total. The molecule has 2 unspecified atom stereocenters. The standard InChI is InChI=1S/C19H17NO4/c21-11-5-6-15-13(9-11)14(19(24)20-15)8-10-4-7-16(22)12-2-1-3-17(23)18(10)12/h1-3,5-6,8-10,16,21-23H,4,7H2,(H,20,24). The first-order chi connectivity index (χ1) is 11.5. The summed E-state index contributed by atoms with van der Waals surface area (Å²) < 4.78 is 0. The fourth-order valence-electron chi connectivity index (χ4n) is 3.61. The third-order valence-corrected chi connectivity index (χ3v) is 4.75. The lowest BCUT2D eigenvalue weighted by Gasteiger charge is -2.28. The van der Waals surface area contributed by atoms with Gasteiger partial charge in [0.2, 0.25) is 0 Å². The molecule has 4 rings (SSSR count). The van der Waals surface area contributed by atoms with Crippen LogP contribution in [0.25, 0.3) is 5.57 Å². The number of nitrogens with one attached hydrogen (secondary N) is 1. The molecule has 2 aromatic rings. The summed E-state index contributed by atoms with van der Waals surface area (Å²) in [6.45, 7) is 0. The van der Waals surface area contributed by atoms with Crippen LogP contribution < -0.4 is 5.32 Å². The topological polar surface area (TPSA) is 89.8 Å². The molecule has 0 saturated carbocycles. The predicted molar refractivity (Wildman–Crippen MR) is 89.8 cm³/mol. The predicted octanol–water partition coefficient (Wildman–Crippen LogP) is 3.04. The molecule has 2 aromatic carbocycles. The fourth-order valence-corrected chi connectivity index (χ4v) is 3.61. The minimum atomic E-state index is -0.601. The first kappa shape index (κ1) is 14.8. The molecule has 0 saturated heterocycles. The molecule has 1 amide bonds. The Morgan fingerprint density at radius 1 is 1.12 bits per heavy atom. The van der Waals surface area contributed by atoms with E-state index < -0.39 is 6.10 Å². The van der Waals surface area contributed by atoms with E-state index in [9.17, 15) is 20.1 Å². The lowest BCUT2D eigenvalue weighted by Crippen LogP contribution is -2.14. The van der Waals surface area contributed by atoms with Crippen molar-refractivity contribution >= 4 is 17.2 Å². The van der Waals surface area contributed by atoms with Crippen LogP contribution in [0.15, 0.2) is 42.5 Å². The smallest absolute Gasteiger partial charge is 0.256 e. The fraction of sp³-hybridized carbons (Fsp3) is 0.211. The highest BCUT2D eigenvalue weighted by Gasteiger charge is 2.31. The van der Waals surface area contributed by atoms with Crippen molar-refractivity contribution in [2.45, 2.75) is 24.9 Å². The number of rotatable bonds is 1. The summed E-state index contributed by atoms with van der Waals surface area (Å²) in [4.78, 5) is 12.3. The van der Waals surface area contributed by atoms with E-state index in [0.29, 0.717) is 40.8 Å². The summed E-state index contributed by atoms with van der Waals surface area (Å²) in [5, 5.41) is 32.9. The Kier molecular flexibility index (Phi) is 3.32. The van der Waals surface area contributed by atoms with Gasteiger partial charge in [-0.2, -0.15) is 0 Å². The average Bonchev–Trinajstić information content (AvgIpc) is 2.86. The molecule has 122 valence electrons. The summed E-state index contributed by atoms with van der Waals surface area (Å²) >= 11 is 0. The second-order valence-electron chi connectivity index (χ2n) is 6.24. The van der Waals surface area contributed by atoms with Crippen molar-refractivity contribution in [3.8, 4) is 11.5 Å². The number of hydrogen-bond acceptors (Lipinski definition) is 4. The molecule has 1 aliphatic heterocycles. The van der Waals surface area contributed by atoms with Gasteiger partial charge in [-0.1, -0.05) is 18.2 Å². The van der Waals surface area contributed by atoms with E-state index in [-0.39, 0.29) is 23.3 Å². The van der Waals surface area contributed by atoms with Crippen LogP contribution in [0.5, 0.6) is 11.5 Å². The quantitative estimate of drug-likeness (QED) is 0.480. The zero-order valence-corrected chi connectivity index (χ0v) is 12.9. The summed E-state index contributed by atoms with van der Waals surface area (Å²) in [5.41, 5.74) is 3.18. The monoisotopic (exact) mass is 323 g/mol. The van der Waals surface area contributed by atoms with Crippen LogP contribution in [-0.4, -0.2) is 21.2 Å². The number of aromatic hydroxyl groups is 2. The van der Waals surface area contributed by atoms with Gasteiger partial charge in [0.1, 0.15) is 11.5 Å². The summed E-state index contributed by atoms with van der Waals surface area (Å²) in [6, 6.07) is 9.86. The number of aliphatic hydroxyl groups is 1. The highest BCUT2D eigenvalue weighted by atomic mass is 16.3. The van der Waals surface area contributed by atoms with E-state index in [1.165, 1.54) is 6.07 Å². The van der Waals surface area contributed by atoms with Crippen LogP contribution >= 0.6 is 0 Å². The number of aliphatic hydroxyl groups excluding tert-OH is 1. The second kappa shape index (κ2) is 5.39. The van der Waals surface area contributed by atoms with Gasteiger partial charge in [0.05, 0.1) is 6.10 Å². The molecule has 1 aliphatic carbocycles. The van der Waals surface area contributed by atoms with E-state index in [0.717, 1.165) is 0 Å². The van der Waals surface area contributed by atoms with Gasteiger partial charge in [0.15, 0.2) is 0 Å². The maximum absolute atomic E-state index is 12.3. The highest BCUT2D eigenvalue weighted by molar-refractivity contribution is 6.31. The number of carbonyl (C=O) groups excluding carboxylic acids is 1. The number of fused-ring (bicyclic) bond motifs is 2. The summed E-state index contributed by atoms with van der Waals surface area (Å²) in [6.07, 6.45) is 2.43. The van der Waals surface area contributed by atoms with E-state index in [4.69, 9.17) is 0 Å². The molecule has 1 heterocycles. The van der Waals surface area contributed by atoms with Crippen molar-refractivity contribution in [2.75, 3.05) is 5.32 Å². The largest absolute Gasteiger partial charge is 0.508 e. The lowest BCUT2D eigenvalue weighted by atomic mass is 9.79. The van der Waals surface area contributed by atoms with E-state index >= 15 is 0 Å². The summed E-state index contributed by atoms with van der Waals surface area (Å²) in [7, 11) is 0. The Morgan fingerprint density at radius 2 is 1.96 bits per heavy atom. The van der Waals surface area contributed by atoms with Crippen LogP contribution in [-0.2, 0) is 4.79 Å². The van der Waals surface area contributed by atoms with Gasteiger partial charge in [0.25, 0.3) is 5.91 Å². The number of anilines is 1. The van der Waals surface area contributed by atoms with Gasteiger partial charge in [-0.3, -0.25) is 4.79 Å². The minimum absolute atomic E-state index is 0.0958. The first-order valence-corrected chi connectivity index (χ1v) is 7.91. The third-order valence-electron chi connectivity index (χ3n) is 4.75. The molecule has 5 nitrogen and oxygen atoms in total. The molecule has 5 heteroatoms. The van der Waals surface area contributed by atoms with E-state index in [2.05, 4.69) is 5.32 Å². The Morgan fingerprint density at radius 3 is 2.79 bits per heavy atom. The molecule has 2 atom stereocenters. The highest BCUT2D eigenvalue weighted by Crippen LogP contribution is 2.45. The number of benzene rings is 2. The van der Waals surface area contributed by atoms with Crippen LogP contribution in [0.3, 0.4) is 0 Å². The van der Waals surface area contributed by atoms with Crippen molar-refractivity contribution in [1.29, 1.82) is 0 Å². The zero-order chi connectivity index (χ0) is 16.8. The SMILES string of the molecule is O=C1Nc2ccc(O)cc2C1=CC1CCC(O)c2cccc(O)c21. The van der Waals surface area contributed by atoms with E-state index in [1.54, 1.807) is 30.3 Å². The summed E-state index contributed by atoms with van der Waals surface area (Å²) in [5.74, 6) is -0.168. The van der Waals surface area contributed by atoms with Crippen molar-refractivity contribution in [3.05, 3.63) is 59.2 Å². The molecule has 2 aliphatic rings. The molecule has 0 aromatic heterocycles. The maximum Gasteiger partial charge on any atom is 0.256 e. The van der Waals surface area contributed by atoms with Crippen molar-refractivity contribution in [3.63, 3.8) is 0 Å². The van der Waals surface area contributed by atoms with Crippen LogP contribution in [0.4, 0.5) is 5.69 Å². The van der Waals surface area contributed by atoms with Gasteiger partial charge >= 0.3 is 0 Å². The van der Waals surface area contributed by atoms with Gasteiger partial charge in [-0.15, -0.1) is 0 Å². The Bertz CT molecular complexity index is 872. The van der Waals surface area contributed by atoms with Crippen LogP contribution in [0.2, 0.25) is 0 Å². The minimum Gasteiger partial charge on any atom is -0.508 e. The Hall–Kier alpha value is -2.79. The molecule has 0 spiro atoms. The number of amides is 1. The normalized spacial score (nSPS) is 23.7. The molecular formula is C19H17NO4. The van der Waals surface area contributed by atoms with E-state index in [1.807, 2.05) is 6.08 Å². The molecule has 0 bridgehead atoms. The molecular weight excluding hydrogens is 306 g/mol. The third kappa shape index (κ3) is 2.25. The van der Waals surface area contributed by atoms with Crippen molar-refractivity contribution in [2.24, 2.45) is 0 Å². The first-order valence-electron chi connectivity index (χ1n) is 7.91. The Balaban J connectivity index is 1.82. The zero-order valence-electron chi connectivity index (χ0n) is 12.9. The average molecular weight is 323 g/mol. The Labute approximate surface area is 138 Å². The second-order valence-corrected chi connectivity index (χ2v) is 6.24. The number of phenols is 2. The van der Waals surface area contributed by atoms with Crippen LogP contribution in [0, 0.1) is 0 Å². The molecule has 0 radical (unpaired) electrons. The number of hydrogen-bond donors (Lipinski definition) is 4. The molecule has 24 heavy (non-hydrogen) atoms. The van der Waals surface area contributed by atoms with Crippen LogP contribution in [0.1, 0.15) is 41.6 Å². The number of allylic oxidation sites excluding steroid dienone is 1. The number of phenolic OH excluding ortho intramolecular Hbond substituents is 2. The lowest BCUT2D eigenvalue weighted by molar-refractivity contribution is -0.110. The van der Waals surface area contributed by atoms with Gasteiger partial charge < -0.3 is 20.6 Å². The van der Waals surface area contributed by atoms with Crippen molar-refractivity contribution < 1.29 is 20.1 Å². The van der Waals surface area contributed by atoms with Gasteiger partial charge in [0, 0.05) is 28.3 Å². The van der Waals surface area contributed by atoms with Gasteiger partial charge in [-0.25, -0.2) is 0 Å².